The van der Waals surface area contributed by atoms with Crippen molar-refractivity contribution in [2.45, 2.75) is 6.18 Å². The molecule has 4 aromatic rings. The van der Waals surface area contributed by atoms with Crippen LogP contribution in [-0.2, 0) is 6.18 Å². The van der Waals surface area contributed by atoms with Gasteiger partial charge in [-0.05, 0) is 36.4 Å². The quantitative estimate of drug-likeness (QED) is 0.418. The lowest BCUT2D eigenvalue weighted by Gasteiger charge is -2.12. The van der Waals surface area contributed by atoms with E-state index in [0.29, 0.717) is 33.5 Å². The molecule has 5 N–H and O–H groups in total. The Morgan fingerprint density at radius 3 is 2.40 bits per heavy atom. The van der Waals surface area contributed by atoms with E-state index in [0.717, 1.165) is 6.07 Å². The number of nitrogens with one attached hydrogen (secondary N) is 1. The monoisotopic (exact) mass is 414 g/mol. The second-order valence-corrected chi connectivity index (χ2v) is 6.46. The van der Waals surface area contributed by atoms with Crippen LogP contribution < -0.4 is 16.8 Å². The van der Waals surface area contributed by atoms with Crippen molar-refractivity contribution in [1.82, 2.24) is 15.0 Å². The number of anilines is 4. The van der Waals surface area contributed by atoms with Crippen LogP contribution >= 0.6 is 0 Å². The number of fused-ring (bicyclic) bond motifs is 1. The second-order valence-electron chi connectivity index (χ2n) is 6.46. The Morgan fingerprint density at radius 1 is 0.867 bits per heavy atom. The summed E-state index contributed by atoms with van der Waals surface area (Å²) in [6, 6.07) is 13.2. The molecule has 2 heterocycles. The molecule has 0 spiro atoms. The Balaban J connectivity index is 1.70. The number of nitrogen functional groups attached to an aromatic ring is 2. The first-order valence-corrected chi connectivity index (χ1v) is 8.64. The smallest absolute Gasteiger partial charge is 0.398 e. The van der Waals surface area contributed by atoms with Crippen LogP contribution in [-0.4, -0.2) is 15.0 Å². The molecule has 4 rings (SSSR count). The molecule has 2 aromatic heterocycles. The molecular weight excluding hydrogens is 400 g/mol. The Labute approximate surface area is 167 Å². The minimum Gasteiger partial charge on any atom is -0.398 e. The lowest BCUT2D eigenvalue weighted by atomic mass is 10.1. The van der Waals surface area contributed by atoms with Gasteiger partial charge in [-0.3, -0.25) is 0 Å². The van der Waals surface area contributed by atoms with Gasteiger partial charge in [-0.2, -0.15) is 18.2 Å². The largest absolute Gasteiger partial charge is 0.433 e. The van der Waals surface area contributed by atoms with Crippen molar-refractivity contribution in [2.75, 3.05) is 16.8 Å². The summed E-state index contributed by atoms with van der Waals surface area (Å²) in [5, 5.41) is 3.33. The maximum absolute atomic E-state index is 13.5. The van der Waals surface area contributed by atoms with Crippen LogP contribution in [0.25, 0.3) is 22.2 Å². The predicted octanol–water partition coefficient (Wildman–Crippen LogP) is 4.76. The number of nitrogens with two attached hydrogens (primary N) is 2. The van der Waals surface area contributed by atoms with Gasteiger partial charge in [-0.25, -0.2) is 14.4 Å². The zero-order valence-corrected chi connectivity index (χ0v) is 15.2. The van der Waals surface area contributed by atoms with E-state index in [1.807, 2.05) is 0 Å². The summed E-state index contributed by atoms with van der Waals surface area (Å²) in [5.74, 6) is -1.01. The SMILES string of the molecule is Nc1nc(Nc2ccc3nc(-c4cccc(F)c4)cc(N)c3c2)cc(C(F)(F)F)n1. The van der Waals surface area contributed by atoms with E-state index < -0.39 is 23.6 Å². The van der Waals surface area contributed by atoms with E-state index in [1.54, 1.807) is 36.4 Å². The van der Waals surface area contributed by atoms with Crippen LogP contribution in [0.2, 0.25) is 0 Å². The Hall–Kier alpha value is -3.95. The molecule has 0 bridgehead atoms. The van der Waals surface area contributed by atoms with Crippen molar-refractivity contribution >= 4 is 34.0 Å². The molecule has 6 nitrogen and oxygen atoms in total. The first kappa shape index (κ1) is 19.4. The van der Waals surface area contributed by atoms with Gasteiger partial charge in [0.2, 0.25) is 5.95 Å². The van der Waals surface area contributed by atoms with Crippen LogP contribution in [0.1, 0.15) is 5.69 Å². The molecule has 2 aromatic carbocycles. The van der Waals surface area contributed by atoms with Gasteiger partial charge in [0, 0.05) is 28.4 Å². The molecule has 0 saturated carbocycles. The highest BCUT2D eigenvalue weighted by Gasteiger charge is 2.33. The van der Waals surface area contributed by atoms with Crippen molar-refractivity contribution in [3.8, 4) is 11.3 Å². The fourth-order valence-electron chi connectivity index (χ4n) is 2.95. The fraction of sp³-hybridized carbons (Fsp3) is 0.0500. The van der Waals surface area contributed by atoms with Crippen molar-refractivity contribution in [2.24, 2.45) is 0 Å². The predicted molar refractivity (Wildman–Crippen MR) is 106 cm³/mol. The number of alkyl halides is 3. The first-order valence-electron chi connectivity index (χ1n) is 8.64. The zero-order chi connectivity index (χ0) is 21.5. The van der Waals surface area contributed by atoms with E-state index in [2.05, 4.69) is 20.3 Å². The lowest BCUT2D eigenvalue weighted by Crippen LogP contribution is -2.12. The second kappa shape index (κ2) is 7.14. The summed E-state index contributed by atoms with van der Waals surface area (Å²) in [6.07, 6.45) is -4.65. The molecule has 0 fully saturated rings. The highest BCUT2D eigenvalue weighted by molar-refractivity contribution is 5.95. The molecule has 30 heavy (non-hydrogen) atoms. The summed E-state index contributed by atoms with van der Waals surface area (Å²) in [6.45, 7) is 0. The molecule has 0 radical (unpaired) electrons. The normalized spacial score (nSPS) is 11.6. The van der Waals surface area contributed by atoms with Gasteiger partial charge in [0.25, 0.3) is 0 Å². The summed E-state index contributed by atoms with van der Waals surface area (Å²) in [4.78, 5) is 11.5. The highest BCUT2D eigenvalue weighted by Crippen LogP contribution is 2.32. The van der Waals surface area contributed by atoms with Crippen LogP contribution in [0.15, 0.2) is 54.6 Å². The van der Waals surface area contributed by atoms with Crippen LogP contribution in [0.3, 0.4) is 0 Å². The summed E-state index contributed by atoms with van der Waals surface area (Å²) < 4.78 is 52.3. The molecule has 0 amide bonds. The molecule has 0 atom stereocenters. The highest BCUT2D eigenvalue weighted by atomic mass is 19.4. The van der Waals surface area contributed by atoms with Gasteiger partial charge in [-0.1, -0.05) is 12.1 Å². The van der Waals surface area contributed by atoms with Gasteiger partial charge >= 0.3 is 6.18 Å². The molecule has 10 heteroatoms. The lowest BCUT2D eigenvalue weighted by molar-refractivity contribution is -0.141. The molecule has 0 aliphatic rings. The topological polar surface area (TPSA) is 103 Å². The standard InChI is InChI=1S/C20H14F4N6/c21-11-3-1-2-10(6-11)16-8-14(25)13-7-12(4-5-15(13)28-16)27-18-9-17(20(22,23)24)29-19(26)30-18/h1-9H,(H2,25,28)(H3,26,27,29,30). The summed E-state index contributed by atoms with van der Waals surface area (Å²) >= 11 is 0. The Morgan fingerprint density at radius 2 is 1.67 bits per heavy atom. The maximum atomic E-state index is 13.5. The first-order chi connectivity index (χ1) is 14.2. The summed E-state index contributed by atoms with van der Waals surface area (Å²) in [7, 11) is 0. The Kier molecular flexibility index (Phi) is 4.61. The van der Waals surface area contributed by atoms with Gasteiger partial charge < -0.3 is 16.8 Å². The van der Waals surface area contributed by atoms with Gasteiger partial charge in [0.1, 0.15) is 11.6 Å². The molecular formula is C20H14F4N6. The van der Waals surface area contributed by atoms with Crippen LogP contribution in [0.4, 0.5) is 40.7 Å². The maximum Gasteiger partial charge on any atom is 0.433 e. The van der Waals surface area contributed by atoms with Crippen LogP contribution in [0, 0.1) is 5.82 Å². The number of nitrogens with zero attached hydrogens (tertiary/aromatic N) is 3. The number of halogens is 4. The number of benzene rings is 2. The van der Waals surface area contributed by atoms with Gasteiger partial charge in [0.05, 0.1) is 11.2 Å². The third-order valence-electron chi connectivity index (χ3n) is 4.27. The van der Waals surface area contributed by atoms with Gasteiger partial charge in [-0.15, -0.1) is 0 Å². The average Bonchev–Trinajstić information content (AvgIpc) is 2.67. The van der Waals surface area contributed by atoms with Gasteiger partial charge in [0.15, 0.2) is 5.69 Å². The van der Waals surface area contributed by atoms with E-state index in [4.69, 9.17) is 11.5 Å². The number of pyridine rings is 1. The van der Waals surface area contributed by atoms with Crippen molar-refractivity contribution in [1.29, 1.82) is 0 Å². The average molecular weight is 414 g/mol. The van der Waals surface area contributed by atoms with E-state index in [-0.39, 0.29) is 5.82 Å². The minimum atomic E-state index is -4.65. The minimum absolute atomic E-state index is 0.114. The van der Waals surface area contributed by atoms with E-state index in [9.17, 15) is 17.6 Å². The van der Waals surface area contributed by atoms with E-state index >= 15 is 0 Å². The molecule has 152 valence electrons. The van der Waals surface area contributed by atoms with Crippen molar-refractivity contribution in [3.05, 3.63) is 66.1 Å². The zero-order valence-electron chi connectivity index (χ0n) is 15.2. The van der Waals surface area contributed by atoms with Crippen LogP contribution in [0.5, 0.6) is 0 Å². The number of hydrogen-bond acceptors (Lipinski definition) is 6. The number of aromatic nitrogens is 3. The Bertz CT molecular complexity index is 1260. The van der Waals surface area contributed by atoms with Crippen molar-refractivity contribution in [3.63, 3.8) is 0 Å². The number of hydrogen-bond donors (Lipinski definition) is 3. The summed E-state index contributed by atoms with van der Waals surface area (Å²) in [5.41, 5.74) is 12.8. The van der Waals surface area contributed by atoms with Crippen molar-refractivity contribution < 1.29 is 17.6 Å². The molecule has 0 saturated heterocycles. The van der Waals surface area contributed by atoms with E-state index in [1.165, 1.54) is 12.1 Å². The fourth-order valence-corrected chi connectivity index (χ4v) is 2.95. The third kappa shape index (κ3) is 3.93. The number of rotatable bonds is 3. The molecule has 0 aliphatic carbocycles. The third-order valence-corrected chi connectivity index (χ3v) is 4.27. The molecule has 0 aliphatic heterocycles. The molecule has 0 unspecified atom stereocenters.